The van der Waals surface area contributed by atoms with Crippen LogP contribution >= 0.6 is 0 Å². The molecular formula is C22H28N4O4S. The zero-order valence-electron chi connectivity index (χ0n) is 18.1. The van der Waals surface area contributed by atoms with Crippen LogP contribution in [0.25, 0.3) is 10.9 Å². The van der Waals surface area contributed by atoms with E-state index in [1.807, 2.05) is 32.2 Å². The van der Waals surface area contributed by atoms with E-state index in [0.717, 1.165) is 54.6 Å². The normalized spacial score (nSPS) is 18.3. The summed E-state index contributed by atoms with van der Waals surface area (Å²) in [5, 5.41) is 11.6. The van der Waals surface area contributed by atoms with Crippen molar-refractivity contribution in [3.8, 4) is 5.75 Å². The molecule has 0 unspecified atom stereocenters. The number of benzene rings is 1. The van der Waals surface area contributed by atoms with Gasteiger partial charge in [-0.25, -0.2) is 8.42 Å². The molecule has 1 N–H and O–H groups in total. The molecule has 0 saturated heterocycles. The van der Waals surface area contributed by atoms with Crippen LogP contribution in [0.2, 0.25) is 0 Å². The van der Waals surface area contributed by atoms with Crippen LogP contribution in [0.15, 0.2) is 30.6 Å². The molecule has 2 aliphatic rings. The summed E-state index contributed by atoms with van der Waals surface area (Å²) in [6.07, 6.45) is 8.44. The Morgan fingerprint density at radius 2 is 2.06 bits per heavy atom. The van der Waals surface area contributed by atoms with Crippen LogP contribution in [-0.2, 0) is 27.6 Å². The van der Waals surface area contributed by atoms with Crippen molar-refractivity contribution in [3.05, 3.63) is 47.4 Å². The van der Waals surface area contributed by atoms with E-state index in [9.17, 15) is 8.42 Å². The van der Waals surface area contributed by atoms with Crippen molar-refractivity contribution in [1.82, 2.24) is 20.4 Å². The zero-order chi connectivity index (χ0) is 22.1. The number of hydrogen-bond donors (Lipinski definition) is 1. The molecule has 3 heterocycles. The molecule has 1 aromatic carbocycles. The van der Waals surface area contributed by atoms with Gasteiger partial charge in [0.1, 0.15) is 17.5 Å². The third-order valence-electron chi connectivity index (χ3n) is 6.26. The number of rotatable bonds is 4. The molecule has 0 radical (unpaired) electrons. The van der Waals surface area contributed by atoms with Crippen molar-refractivity contribution in [1.29, 1.82) is 0 Å². The summed E-state index contributed by atoms with van der Waals surface area (Å²) in [7, 11) is -2.77. The first kappa shape index (κ1) is 21.7. The summed E-state index contributed by atoms with van der Waals surface area (Å²) in [4.78, 5) is 4.50. The van der Waals surface area contributed by atoms with Gasteiger partial charge in [-0.2, -0.15) is 15.4 Å². The predicted molar refractivity (Wildman–Crippen MR) is 118 cm³/mol. The van der Waals surface area contributed by atoms with Gasteiger partial charge in [0.05, 0.1) is 29.7 Å². The topological polar surface area (TPSA) is 107 Å². The molecule has 2 aromatic heterocycles. The van der Waals surface area contributed by atoms with E-state index >= 15 is 0 Å². The second-order valence-electron chi connectivity index (χ2n) is 8.47. The summed E-state index contributed by atoms with van der Waals surface area (Å²) in [6, 6.07) is 6.00. The number of ether oxygens (including phenoxy) is 2. The molecule has 8 nitrogen and oxygen atoms in total. The fourth-order valence-electron chi connectivity index (χ4n) is 3.83. The van der Waals surface area contributed by atoms with Crippen LogP contribution in [0.1, 0.15) is 56.0 Å². The second-order valence-corrected chi connectivity index (χ2v) is 11.0. The Labute approximate surface area is 182 Å². The summed E-state index contributed by atoms with van der Waals surface area (Å²) < 4.78 is 33.0. The maximum atomic E-state index is 10.9. The highest BCUT2D eigenvalue weighted by molar-refractivity contribution is 7.92. The SMILES string of the molecule is CC1(S(C)(=O)=O)CCC1.C[C@@H](Oc1ccc2ncc3c(c2c1)CCOC3)c1cn[nH]n1. The highest BCUT2D eigenvalue weighted by Crippen LogP contribution is 2.38. The minimum absolute atomic E-state index is 0.160. The number of pyridine rings is 1. The van der Waals surface area contributed by atoms with E-state index in [4.69, 9.17) is 9.47 Å². The molecule has 1 fully saturated rings. The van der Waals surface area contributed by atoms with Crippen LogP contribution in [0.3, 0.4) is 0 Å². The second kappa shape index (κ2) is 8.55. The number of fused-ring (bicyclic) bond motifs is 3. The Bertz CT molecular complexity index is 1160. The monoisotopic (exact) mass is 444 g/mol. The van der Waals surface area contributed by atoms with Gasteiger partial charge < -0.3 is 9.47 Å². The van der Waals surface area contributed by atoms with Gasteiger partial charge in [-0.3, -0.25) is 4.98 Å². The lowest BCUT2D eigenvalue weighted by Gasteiger charge is -2.35. The van der Waals surface area contributed by atoms with Crippen molar-refractivity contribution in [2.75, 3.05) is 12.9 Å². The van der Waals surface area contributed by atoms with Crippen molar-refractivity contribution >= 4 is 20.7 Å². The van der Waals surface area contributed by atoms with Gasteiger partial charge >= 0.3 is 0 Å². The van der Waals surface area contributed by atoms with Gasteiger partial charge in [-0.1, -0.05) is 6.42 Å². The molecule has 0 bridgehead atoms. The molecule has 3 aromatic rings. The van der Waals surface area contributed by atoms with E-state index in [1.165, 1.54) is 17.4 Å². The van der Waals surface area contributed by atoms with Gasteiger partial charge in [0.15, 0.2) is 9.84 Å². The Balaban J connectivity index is 0.000000217. The molecule has 1 saturated carbocycles. The van der Waals surface area contributed by atoms with Crippen LogP contribution in [0, 0.1) is 0 Å². The zero-order valence-corrected chi connectivity index (χ0v) is 18.9. The summed E-state index contributed by atoms with van der Waals surface area (Å²) in [5.74, 6) is 0.810. The maximum absolute atomic E-state index is 10.9. The minimum Gasteiger partial charge on any atom is -0.484 e. The highest BCUT2D eigenvalue weighted by Gasteiger charge is 2.41. The number of H-pyrrole nitrogens is 1. The molecule has 1 aliphatic carbocycles. The van der Waals surface area contributed by atoms with Gasteiger partial charge in [0.25, 0.3) is 0 Å². The largest absolute Gasteiger partial charge is 0.484 e. The first-order valence-corrected chi connectivity index (χ1v) is 12.4. The van der Waals surface area contributed by atoms with Gasteiger partial charge in [0.2, 0.25) is 0 Å². The lowest BCUT2D eigenvalue weighted by Crippen LogP contribution is -2.41. The third kappa shape index (κ3) is 4.57. The van der Waals surface area contributed by atoms with E-state index in [2.05, 4.69) is 26.5 Å². The Morgan fingerprint density at radius 1 is 1.26 bits per heavy atom. The number of aromatic amines is 1. The molecule has 0 amide bonds. The van der Waals surface area contributed by atoms with E-state index in [-0.39, 0.29) is 10.9 Å². The Kier molecular flexibility index (Phi) is 5.98. The minimum atomic E-state index is -2.77. The molecule has 1 atom stereocenters. The lowest BCUT2D eigenvalue weighted by atomic mass is 9.86. The number of aromatic nitrogens is 4. The third-order valence-corrected chi connectivity index (χ3v) is 8.46. The molecule has 166 valence electrons. The molecule has 5 rings (SSSR count). The average Bonchev–Trinajstić information content (AvgIpc) is 3.27. The van der Waals surface area contributed by atoms with Gasteiger partial charge in [0, 0.05) is 17.8 Å². The summed E-state index contributed by atoms with van der Waals surface area (Å²) >= 11 is 0. The standard InChI is InChI=1S/C16H16N4O2.C6H12O2S/c1-10(16-8-18-20-19-16)22-12-2-3-15-14(6-12)13-4-5-21-9-11(13)7-17-15;1-6(4-3-5-6)9(2,7)8/h2-3,6-8,10H,4-5,9H2,1H3,(H,18,19,20);3-5H2,1-2H3/t10-;/m1./s1. The van der Waals surface area contributed by atoms with Crippen LogP contribution in [-0.4, -0.2) is 46.4 Å². The van der Waals surface area contributed by atoms with Crippen molar-refractivity contribution in [3.63, 3.8) is 0 Å². The average molecular weight is 445 g/mol. The summed E-state index contributed by atoms with van der Waals surface area (Å²) in [6.45, 7) is 5.17. The Morgan fingerprint density at radius 3 is 2.68 bits per heavy atom. The molecular weight excluding hydrogens is 416 g/mol. The van der Waals surface area contributed by atoms with Crippen LogP contribution in [0.5, 0.6) is 5.75 Å². The smallest absolute Gasteiger partial charge is 0.152 e. The Hall–Kier alpha value is -2.52. The maximum Gasteiger partial charge on any atom is 0.152 e. The van der Waals surface area contributed by atoms with Crippen LogP contribution in [0.4, 0.5) is 0 Å². The summed E-state index contributed by atoms with van der Waals surface area (Å²) in [5.41, 5.74) is 4.25. The number of hydrogen-bond acceptors (Lipinski definition) is 7. The van der Waals surface area contributed by atoms with Crippen LogP contribution < -0.4 is 4.74 Å². The fourth-order valence-corrected chi connectivity index (χ4v) is 4.86. The molecule has 31 heavy (non-hydrogen) atoms. The van der Waals surface area contributed by atoms with Gasteiger partial charge in [-0.15, -0.1) is 0 Å². The van der Waals surface area contributed by atoms with E-state index < -0.39 is 9.84 Å². The lowest BCUT2D eigenvalue weighted by molar-refractivity contribution is 0.111. The molecule has 0 spiro atoms. The highest BCUT2D eigenvalue weighted by atomic mass is 32.2. The number of sulfone groups is 1. The van der Waals surface area contributed by atoms with Crippen molar-refractivity contribution in [2.24, 2.45) is 0 Å². The quantitative estimate of drug-likeness (QED) is 0.656. The van der Waals surface area contributed by atoms with E-state index in [1.54, 1.807) is 6.20 Å². The fraction of sp³-hybridized carbons (Fsp3) is 0.500. The van der Waals surface area contributed by atoms with E-state index in [0.29, 0.717) is 6.61 Å². The van der Waals surface area contributed by atoms with Crippen molar-refractivity contribution in [2.45, 2.75) is 57.0 Å². The van der Waals surface area contributed by atoms with Crippen molar-refractivity contribution < 1.29 is 17.9 Å². The molecule has 9 heteroatoms. The number of nitrogens with one attached hydrogen (secondary N) is 1. The predicted octanol–water partition coefficient (Wildman–Crippen LogP) is 3.54. The first-order valence-electron chi connectivity index (χ1n) is 10.5. The first-order chi connectivity index (χ1) is 14.8. The number of nitrogens with zero attached hydrogens (tertiary/aromatic N) is 3. The van der Waals surface area contributed by atoms with Gasteiger partial charge in [-0.05, 0) is 62.4 Å². The molecule has 1 aliphatic heterocycles.